The van der Waals surface area contributed by atoms with Crippen molar-refractivity contribution in [3.8, 4) is 0 Å². The first kappa shape index (κ1) is 112. The van der Waals surface area contributed by atoms with Crippen molar-refractivity contribution >= 4 is 737 Å². The lowest BCUT2D eigenvalue weighted by Crippen LogP contribution is -3.02. The molecule has 0 heterocycles. The van der Waals surface area contributed by atoms with Crippen LogP contribution in [-0.2, 0) is 0 Å². The summed E-state index contributed by atoms with van der Waals surface area (Å²) < 4.78 is 0. The maximum Gasteiger partial charge on any atom is 0.0242 e. The van der Waals surface area contributed by atoms with E-state index in [-0.39, 0.29) is 0 Å². The van der Waals surface area contributed by atoms with Crippen LogP contribution in [0.25, 0.3) is 0 Å². The normalized spacial score (nSPS) is 10.1. The molecule has 0 rings (SSSR count). The minimum Gasteiger partial charge on any atom is -0.169 e. The Bertz CT molecular complexity index is 1820. The Kier molecular flexibility index (Phi) is 53.6. The maximum atomic E-state index is 7.67. The molecule has 104 heteroatoms. The molecule has 0 aromatic heterocycles. The molecule has 0 N–H and O–H groups in total. The maximum absolute atomic E-state index is 7.67. The topological polar surface area (TPSA) is 0 Å². The van der Waals surface area contributed by atoms with Crippen molar-refractivity contribution in [1.82, 2.24) is 0 Å². The average Bonchev–Trinajstić information content (AvgIpc) is 3.41. The second-order valence-corrected chi connectivity index (χ2v) is 29.7. The molecule has 108 radical (unpaired) electrons. The van der Waals surface area contributed by atoms with E-state index in [1.165, 1.54) is 0 Å². The van der Waals surface area contributed by atoms with E-state index >= 15 is 0 Å². The molecule has 0 saturated heterocycles. The van der Waals surface area contributed by atoms with E-state index in [9.17, 15) is 0 Å². The van der Waals surface area contributed by atoms with Gasteiger partial charge in [-0.3, -0.25) is 0 Å². The van der Waals surface area contributed by atoms with E-state index in [2.05, 4.69) is 0 Å². The third kappa shape index (κ3) is 28.4. The molecule has 0 nitrogen and oxygen atoms in total. The molecule has 0 aliphatic heterocycles. The summed E-state index contributed by atoms with van der Waals surface area (Å²) in [4.78, 5) is 0. The fraction of sp³-hybridized carbons (Fsp3) is 1.00. The van der Waals surface area contributed by atoms with Crippen LogP contribution < -0.4 is 0 Å². The lowest BCUT2D eigenvalue weighted by molar-refractivity contribution is 1.59. The van der Waals surface area contributed by atoms with Gasteiger partial charge in [-0.25, -0.2) is 0 Å². The van der Waals surface area contributed by atoms with E-state index in [4.69, 9.17) is 418 Å². The molecule has 0 aliphatic carbocycles. The zero-order chi connectivity index (χ0) is 83.4. The van der Waals surface area contributed by atoms with E-state index in [0.717, 1.165) is 0 Å². The van der Waals surface area contributed by atoms with Gasteiger partial charge in [-0.05, 0) is 0 Å². The molecular weight excluding hydrogens is 1140 g/mol. The average molecular weight is 1140 g/mol. The summed E-state index contributed by atoms with van der Waals surface area (Å²) >= 11 is 0. The van der Waals surface area contributed by atoms with Crippen molar-refractivity contribution in [2.45, 2.75) is 5.01 Å². The second-order valence-electron chi connectivity index (χ2n) is 29.7. The van der Waals surface area contributed by atoms with Crippen LogP contribution >= 0.6 is 0 Å². The highest BCUT2D eigenvalue weighted by Gasteiger charge is 2.75. The van der Waals surface area contributed by atoms with Crippen LogP contribution in [0.15, 0.2) is 0 Å². The van der Waals surface area contributed by atoms with Crippen LogP contribution in [0.4, 0.5) is 0 Å². The van der Waals surface area contributed by atoms with Gasteiger partial charge in [-0.1, -0.05) is 0 Å². The highest BCUT2D eigenvalue weighted by molar-refractivity contribution is 8.34. The van der Waals surface area contributed by atoms with E-state index in [1.807, 2.05) is 0 Å². The first-order valence-electron chi connectivity index (χ1n) is 34.5. The van der Waals surface area contributed by atoms with Crippen LogP contribution in [0.2, 0.25) is 5.01 Å². The van der Waals surface area contributed by atoms with Gasteiger partial charge < -0.3 is 0 Å². The Balaban J connectivity index is 16.1. The zero-order valence-electron chi connectivity index (χ0n) is 60.5. The summed E-state index contributed by atoms with van der Waals surface area (Å²) in [5.74, 6) is 0. The summed E-state index contributed by atoms with van der Waals surface area (Å²) in [5.41, 5.74) is 0. The zero-order valence-corrected chi connectivity index (χ0v) is 60.5. The first-order chi connectivity index (χ1) is 47.7. The summed E-state index contributed by atoms with van der Waals surface area (Å²) in [6.45, 7) is -10.3. The van der Waals surface area contributed by atoms with Crippen molar-refractivity contribution in [3.05, 3.63) is 0 Å². The molecular formula is CB104. The van der Waals surface area contributed by atoms with E-state index < -0.39 is 325 Å². The lowest BCUT2D eigenvalue weighted by atomic mass is 8.22. The minimum absolute atomic E-state index is 1.99. The lowest BCUT2D eigenvalue weighted by Gasteiger charge is -2.74. The number of hydrogen-bond acceptors (Lipinski definition) is 0. The van der Waals surface area contributed by atoms with Gasteiger partial charge in [0.1, 0.15) is 0 Å². The molecule has 0 atom stereocenters. The summed E-state index contributed by atoms with van der Waals surface area (Å²) in [7, 11) is 394. The fourth-order valence-corrected chi connectivity index (χ4v) is 19.4. The molecule has 0 amide bonds. The van der Waals surface area contributed by atoms with Gasteiger partial charge in [0.15, 0.2) is 0 Å². The summed E-state index contributed by atoms with van der Waals surface area (Å²) in [6, 6.07) is 0. The molecule has 0 bridgehead atoms. The Morgan fingerprint density at radius 3 is 0.229 bits per heavy atom. The van der Waals surface area contributed by atoms with Crippen LogP contribution in [0, 0.1) is 0 Å². The molecule has 0 aromatic carbocycles. The van der Waals surface area contributed by atoms with Gasteiger partial charge in [-0.15, -0.1) is 0 Å². The predicted octanol–water partition coefficient (Wildman–Crippen LogP) is -39.4. The highest BCUT2D eigenvalue weighted by atomic mass is 13.9. The van der Waals surface area contributed by atoms with Crippen molar-refractivity contribution in [1.29, 1.82) is 0 Å². The van der Waals surface area contributed by atoms with E-state index in [1.54, 1.807) is 0 Å². The van der Waals surface area contributed by atoms with Gasteiger partial charge in [0.2, 0.25) is 0 Å². The van der Waals surface area contributed by atoms with Crippen molar-refractivity contribution in [2.24, 2.45) is 0 Å². The molecule has 0 aromatic rings. The molecule has 316 valence electrons. The number of hydrogen-bond donors (Lipinski definition) is 0. The standard InChI is InChI=1S/CB104/c2-60(3)87(61(4)5)56(88(62(6)7)63(8)9)1(57(89(64(10)11)95(65(12)13)66(14)15)90(96(67(16)17)68(18)19)97(69(20)21)70(22)23,58(91(98(71(24)25)72(26)27)99(73(28)29)74(30)31)92(100(75(32)33)76(34)35)101(77(36)37)78(38)39)59(93(102(79(40)41)80(42)43)103(81(44)45)82(46)47)94(104(83(48)49)84(50)51)105(85(52)53)86(54)55. The Morgan fingerprint density at radius 2 is 0.143 bits per heavy atom. The predicted molar refractivity (Wildman–Crippen MR) is 601 cm³/mol. The first-order valence-corrected chi connectivity index (χ1v) is 34.5. The van der Waals surface area contributed by atoms with Crippen molar-refractivity contribution in [3.63, 3.8) is 0 Å². The van der Waals surface area contributed by atoms with Crippen molar-refractivity contribution < 1.29 is 0 Å². The largest absolute Gasteiger partial charge is 0.169 e. The highest BCUT2D eigenvalue weighted by Crippen LogP contribution is 2.51. The Hall–Kier alpha value is 6.75. The fourth-order valence-electron chi connectivity index (χ4n) is 19.4. The van der Waals surface area contributed by atoms with E-state index in [0.29, 0.717) is 0 Å². The van der Waals surface area contributed by atoms with Gasteiger partial charge in [0, 0.05) is 737 Å². The molecule has 0 aliphatic rings. The van der Waals surface area contributed by atoms with Gasteiger partial charge in [-0.2, -0.15) is 5.01 Å². The van der Waals surface area contributed by atoms with Crippen LogP contribution in [-0.4, -0.2) is 737 Å². The Morgan fingerprint density at radius 1 is 0.0762 bits per heavy atom. The molecule has 0 unspecified atom stereocenters. The number of rotatable bonds is 50. The van der Waals surface area contributed by atoms with Crippen LogP contribution in [0.3, 0.4) is 0 Å². The smallest absolute Gasteiger partial charge is 0.0242 e. The monoisotopic (exact) mass is 1160 g/mol. The van der Waals surface area contributed by atoms with Gasteiger partial charge in [0.05, 0.1) is 0 Å². The minimum atomic E-state index is -3.53. The van der Waals surface area contributed by atoms with Gasteiger partial charge in [0.25, 0.3) is 0 Å². The SMILES string of the molecule is [B]B([B])B(B([B])[B])B(B([B])[B])B(B(B(B([B])[B])B([B])[B])B(B([B])[B])B([B])[B])C(B(B(B([B])[B])B([B])[B])B(B([B])[B])B([B])[B])(B(B(B(B([B])[B])B([B])[B])B(B([B])[B])B([B])[B])B(B(B([B])[B])B([B])[B])B(B([B])[B])B([B])[B])B(B(B(B([B])[B])B([B])[B])B(B([B])[B])B([B])[B])B(B(B([B])[B])B([B])[B])B(B([B])[B])B([B])[B]. The summed E-state index contributed by atoms with van der Waals surface area (Å²) in [6.07, 6.45) is -96.1. The third-order valence-electron chi connectivity index (χ3n) is 22.5. The van der Waals surface area contributed by atoms with Gasteiger partial charge >= 0.3 is 0 Å². The molecule has 0 saturated carbocycles. The van der Waals surface area contributed by atoms with Crippen molar-refractivity contribution in [2.75, 3.05) is 0 Å². The summed E-state index contributed by atoms with van der Waals surface area (Å²) in [5, 5.41) is -3.53. The quantitative estimate of drug-likeness (QED) is 0.0533. The van der Waals surface area contributed by atoms with Crippen LogP contribution in [0.1, 0.15) is 0 Å². The molecule has 105 heavy (non-hydrogen) atoms. The molecule has 0 spiro atoms. The van der Waals surface area contributed by atoms with Crippen LogP contribution in [0.5, 0.6) is 0 Å². The molecule has 0 fully saturated rings. The second kappa shape index (κ2) is 50.4. The Labute approximate surface area is 734 Å². The third-order valence-corrected chi connectivity index (χ3v) is 22.5.